The van der Waals surface area contributed by atoms with E-state index in [-0.39, 0.29) is 18.6 Å². The number of aromatic nitrogens is 2. The van der Waals surface area contributed by atoms with E-state index in [0.717, 1.165) is 47.4 Å². The van der Waals surface area contributed by atoms with Crippen LogP contribution in [-0.2, 0) is 20.6 Å². The molecule has 0 saturated carbocycles. The highest BCUT2D eigenvalue weighted by Gasteiger charge is 2.25. The van der Waals surface area contributed by atoms with Crippen LogP contribution < -0.4 is 19.4 Å². The van der Waals surface area contributed by atoms with Crippen molar-refractivity contribution >= 4 is 22.6 Å². The Bertz CT molecular complexity index is 1090. The van der Waals surface area contributed by atoms with Gasteiger partial charge in [0, 0.05) is 31.8 Å². The molecule has 2 aromatic heterocycles. The van der Waals surface area contributed by atoms with E-state index in [1.807, 2.05) is 45.4 Å². The van der Waals surface area contributed by atoms with Gasteiger partial charge >= 0.3 is 5.65 Å². The molecule has 1 saturated heterocycles. The molecule has 2 N–H and O–H groups in total. The van der Waals surface area contributed by atoms with Gasteiger partial charge in [-0.2, -0.15) is 0 Å². The molecule has 0 bridgehead atoms. The number of carbonyl (C=O) groups is 1. The second kappa shape index (κ2) is 9.02. The van der Waals surface area contributed by atoms with Gasteiger partial charge in [0.05, 0.1) is 12.6 Å². The number of rotatable bonds is 5. The molecule has 6 nitrogen and oxygen atoms in total. The molecule has 31 heavy (non-hydrogen) atoms. The topological polar surface area (TPSA) is 60.3 Å². The van der Waals surface area contributed by atoms with Gasteiger partial charge in [-0.1, -0.05) is 12.1 Å². The molecule has 3 aromatic rings. The van der Waals surface area contributed by atoms with Gasteiger partial charge in [0.25, 0.3) is 5.91 Å². The molecule has 1 atom stereocenters. The van der Waals surface area contributed by atoms with E-state index in [1.54, 1.807) is 0 Å². The fraction of sp³-hybridized carbons (Fsp3) is 0.400. The van der Waals surface area contributed by atoms with E-state index < -0.39 is 0 Å². The first-order valence-electron chi connectivity index (χ1n) is 11.0. The largest absolute Gasteiger partial charge is 0.450 e. The second-order valence-corrected chi connectivity index (χ2v) is 8.48. The van der Waals surface area contributed by atoms with Crippen molar-refractivity contribution in [1.82, 2.24) is 5.32 Å². The second-order valence-electron chi connectivity index (χ2n) is 8.48. The molecule has 1 aromatic carbocycles. The maximum Gasteiger partial charge on any atom is 0.450 e. The number of fused-ring (bicyclic) bond motifs is 1. The zero-order valence-electron chi connectivity index (χ0n) is 18.6. The van der Waals surface area contributed by atoms with Crippen molar-refractivity contribution in [2.75, 3.05) is 18.1 Å². The number of aliphatic hydroxyl groups is 1. The highest BCUT2D eigenvalue weighted by atomic mass is 16.3. The van der Waals surface area contributed by atoms with Crippen LogP contribution in [-0.4, -0.2) is 30.2 Å². The van der Waals surface area contributed by atoms with Crippen molar-refractivity contribution in [3.05, 3.63) is 65.5 Å². The number of hydrogen-bond acceptors (Lipinski definition) is 3. The quantitative estimate of drug-likeness (QED) is 0.622. The maximum atomic E-state index is 12.9. The van der Waals surface area contributed by atoms with Crippen LogP contribution in [0.25, 0.3) is 11.0 Å². The molecule has 0 radical (unpaired) electrons. The molecule has 0 spiro atoms. The lowest BCUT2D eigenvalue weighted by Crippen LogP contribution is -2.46. The smallest absolute Gasteiger partial charge is 0.394 e. The van der Waals surface area contributed by atoms with Gasteiger partial charge in [-0.3, -0.25) is 4.79 Å². The van der Waals surface area contributed by atoms with Crippen LogP contribution in [0, 0.1) is 6.92 Å². The van der Waals surface area contributed by atoms with Crippen LogP contribution in [0.1, 0.15) is 40.9 Å². The van der Waals surface area contributed by atoms with E-state index in [0.29, 0.717) is 12.1 Å². The fourth-order valence-electron chi connectivity index (χ4n) is 4.61. The first-order chi connectivity index (χ1) is 15.0. The molecule has 3 heterocycles. The number of piperidine rings is 1. The molecule has 1 aliphatic heterocycles. The van der Waals surface area contributed by atoms with Gasteiger partial charge in [-0.15, -0.1) is 9.13 Å². The van der Waals surface area contributed by atoms with Crippen molar-refractivity contribution in [1.29, 1.82) is 0 Å². The summed E-state index contributed by atoms with van der Waals surface area (Å²) in [6, 6.07) is 14.5. The average Bonchev–Trinajstić information content (AvgIpc) is 2.80. The molecule has 1 unspecified atom stereocenters. The molecule has 1 fully saturated rings. The van der Waals surface area contributed by atoms with Crippen molar-refractivity contribution in [3.63, 3.8) is 0 Å². The Labute approximate surface area is 183 Å². The van der Waals surface area contributed by atoms with Gasteiger partial charge in [0.15, 0.2) is 11.9 Å². The molecule has 1 aliphatic rings. The summed E-state index contributed by atoms with van der Waals surface area (Å²) < 4.78 is 4.13. The van der Waals surface area contributed by atoms with E-state index >= 15 is 0 Å². The van der Waals surface area contributed by atoms with Crippen LogP contribution >= 0.6 is 0 Å². The Morgan fingerprint density at radius 3 is 2.71 bits per heavy atom. The summed E-state index contributed by atoms with van der Waals surface area (Å²) in [7, 11) is 4.01. The maximum absolute atomic E-state index is 12.9. The Kier molecular flexibility index (Phi) is 6.18. The highest BCUT2D eigenvalue weighted by molar-refractivity contribution is 5.97. The normalized spacial score (nSPS) is 16.5. The SMILES string of the molecule is Cc1c(C(=O)NCc2ccc(N3CCCCC3CO)cc2)cc2ccc[n+](C)c2[n+]1C. The standard InChI is InChI=1S/C25H31N4O2/c1-18-23(15-20-7-6-13-27(2)25(20)28(18)3)24(31)26-16-19-9-11-21(12-10-19)29-14-5-4-8-22(29)17-30/h6-7,9-13,15,22,30H,4-5,8,14,16-17H2,1-3H3/q+1/p+1. The summed E-state index contributed by atoms with van der Waals surface area (Å²) in [6.45, 7) is 3.63. The number of amides is 1. The molecule has 6 heteroatoms. The van der Waals surface area contributed by atoms with E-state index in [2.05, 4.69) is 43.6 Å². The first kappa shape index (κ1) is 21.2. The number of carbonyl (C=O) groups excluding carboxylic acids is 1. The number of aliphatic hydroxyl groups excluding tert-OH is 1. The number of hydrogen-bond donors (Lipinski definition) is 2. The number of benzene rings is 1. The fourth-order valence-corrected chi connectivity index (χ4v) is 4.61. The third kappa shape index (κ3) is 4.26. The number of nitrogens with zero attached hydrogens (tertiary/aromatic N) is 3. The summed E-state index contributed by atoms with van der Waals surface area (Å²) in [5.74, 6) is -0.0676. The zero-order valence-corrected chi connectivity index (χ0v) is 18.6. The summed E-state index contributed by atoms with van der Waals surface area (Å²) in [5.41, 5.74) is 4.90. The lowest BCUT2D eigenvalue weighted by atomic mass is 10.0. The minimum atomic E-state index is -0.0676. The summed E-state index contributed by atoms with van der Waals surface area (Å²) in [5, 5.41) is 13.8. The van der Waals surface area contributed by atoms with Crippen LogP contribution in [0.2, 0.25) is 0 Å². The minimum absolute atomic E-state index is 0.0676. The minimum Gasteiger partial charge on any atom is -0.394 e. The van der Waals surface area contributed by atoms with Crippen LogP contribution in [0.3, 0.4) is 0 Å². The Hall–Kier alpha value is -2.99. The number of anilines is 1. The lowest BCUT2D eigenvalue weighted by molar-refractivity contribution is -0.757. The third-order valence-electron chi connectivity index (χ3n) is 6.49. The van der Waals surface area contributed by atoms with Gasteiger partial charge in [-0.05, 0) is 49.1 Å². The average molecular weight is 421 g/mol. The van der Waals surface area contributed by atoms with Crippen LogP contribution in [0.4, 0.5) is 5.69 Å². The molecular weight excluding hydrogens is 388 g/mol. The molecule has 4 rings (SSSR count). The molecular formula is C25H32N4O2+2. The van der Waals surface area contributed by atoms with Crippen molar-refractivity contribution in [2.24, 2.45) is 14.1 Å². The van der Waals surface area contributed by atoms with Gasteiger partial charge in [0.1, 0.15) is 25.0 Å². The monoisotopic (exact) mass is 420 g/mol. The molecule has 162 valence electrons. The highest BCUT2D eigenvalue weighted by Crippen LogP contribution is 2.25. The van der Waals surface area contributed by atoms with E-state index in [1.165, 1.54) is 6.42 Å². The van der Waals surface area contributed by atoms with Crippen LogP contribution in [0.15, 0.2) is 48.7 Å². The molecule has 1 amide bonds. The van der Waals surface area contributed by atoms with E-state index in [9.17, 15) is 9.90 Å². The molecule has 0 aliphatic carbocycles. The lowest BCUT2D eigenvalue weighted by Gasteiger charge is -2.36. The van der Waals surface area contributed by atoms with Gasteiger partial charge in [0.2, 0.25) is 0 Å². The zero-order chi connectivity index (χ0) is 22.0. The summed E-state index contributed by atoms with van der Waals surface area (Å²) >= 11 is 0. The third-order valence-corrected chi connectivity index (χ3v) is 6.49. The Balaban J connectivity index is 1.47. The van der Waals surface area contributed by atoms with Gasteiger partial charge < -0.3 is 15.3 Å². The predicted molar refractivity (Wildman–Crippen MR) is 121 cm³/mol. The van der Waals surface area contributed by atoms with E-state index in [4.69, 9.17) is 0 Å². The Morgan fingerprint density at radius 1 is 1.19 bits per heavy atom. The summed E-state index contributed by atoms with van der Waals surface area (Å²) in [4.78, 5) is 15.2. The first-order valence-corrected chi connectivity index (χ1v) is 11.0. The van der Waals surface area contributed by atoms with Gasteiger partial charge in [-0.25, -0.2) is 0 Å². The Morgan fingerprint density at radius 2 is 1.97 bits per heavy atom. The van der Waals surface area contributed by atoms with Crippen molar-refractivity contribution in [3.8, 4) is 0 Å². The van der Waals surface area contributed by atoms with Crippen LogP contribution in [0.5, 0.6) is 0 Å². The number of aryl methyl sites for hydroxylation is 2. The predicted octanol–water partition coefficient (Wildman–Crippen LogP) is 2.08. The summed E-state index contributed by atoms with van der Waals surface area (Å²) in [6.07, 6.45) is 5.39. The number of nitrogens with one attached hydrogen (secondary N) is 1. The number of pyridine rings is 2. The van der Waals surface area contributed by atoms with Crippen molar-refractivity contribution < 1.29 is 19.0 Å². The van der Waals surface area contributed by atoms with Crippen molar-refractivity contribution in [2.45, 2.75) is 38.8 Å².